The number of anilines is 2. The number of aromatic nitrogens is 1. The molecule has 144 valence electrons. The van der Waals surface area contributed by atoms with Crippen molar-refractivity contribution in [3.63, 3.8) is 0 Å². The van der Waals surface area contributed by atoms with Crippen LogP contribution in [0, 0.1) is 13.8 Å². The van der Waals surface area contributed by atoms with Gasteiger partial charge in [0.05, 0.1) is 19.0 Å². The molecule has 0 aliphatic carbocycles. The molecule has 0 fully saturated rings. The van der Waals surface area contributed by atoms with Crippen molar-refractivity contribution >= 4 is 17.3 Å². The van der Waals surface area contributed by atoms with Crippen molar-refractivity contribution in [2.75, 3.05) is 24.3 Å². The molecule has 2 N–H and O–H groups in total. The molecule has 5 heteroatoms. The molecule has 0 saturated heterocycles. The standard InChI is InChI=1S/C23H25N3O2/c1-16-8-9-19(14-17(16)2)26-23(27)21-11-10-20(15-25-21)24-13-12-18-6-4-5-7-22(18)28-3/h4-11,14-15,24H,12-13H2,1-3H3,(H,26,27). The predicted molar refractivity (Wildman–Crippen MR) is 113 cm³/mol. The molecular formula is C23H25N3O2. The molecular weight excluding hydrogens is 350 g/mol. The van der Waals surface area contributed by atoms with Gasteiger partial charge in [-0.1, -0.05) is 24.3 Å². The molecule has 0 saturated carbocycles. The smallest absolute Gasteiger partial charge is 0.274 e. The second kappa shape index (κ2) is 9.04. The number of methoxy groups -OCH3 is 1. The number of carbonyl (C=O) groups excluding carboxylic acids is 1. The summed E-state index contributed by atoms with van der Waals surface area (Å²) in [6.45, 7) is 4.81. The molecule has 1 aromatic heterocycles. The monoisotopic (exact) mass is 375 g/mol. The summed E-state index contributed by atoms with van der Waals surface area (Å²) in [5, 5.41) is 6.21. The number of nitrogens with one attached hydrogen (secondary N) is 2. The lowest BCUT2D eigenvalue weighted by Crippen LogP contribution is -2.14. The fourth-order valence-electron chi connectivity index (χ4n) is 2.90. The van der Waals surface area contributed by atoms with Crippen LogP contribution in [0.4, 0.5) is 11.4 Å². The van der Waals surface area contributed by atoms with Crippen molar-refractivity contribution in [2.45, 2.75) is 20.3 Å². The molecule has 0 aliphatic rings. The van der Waals surface area contributed by atoms with E-state index in [2.05, 4.69) is 21.7 Å². The highest BCUT2D eigenvalue weighted by atomic mass is 16.5. The van der Waals surface area contributed by atoms with E-state index in [1.165, 1.54) is 5.56 Å². The fourth-order valence-corrected chi connectivity index (χ4v) is 2.90. The third-order valence-corrected chi connectivity index (χ3v) is 4.68. The summed E-state index contributed by atoms with van der Waals surface area (Å²) in [5.74, 6) is 0.671. The van der Waals surface area contributed by atoms with Gasteiger partial charge in [0.2, 0.25) is 0 Å². The Labute approximate surface area is 165 Å². The SMILES string of the molecule is COc1ccccc1CCNc1ccc(C(=O)Nc2ccc(C)c(C)c2)nc1. The van der Waals surface area contributed by atoms with Crippen LogP contribution in [0.5, 0.6) is 5.75 Å². The molecule has 0 unspecified atom stereocenters. The zero-order valence-electron chi connectivity index (χ0n) is 16.5. The summed E-state index contributed by atoms with van der Waals surface area (Å²) < 4.78 is 5.37. The predicted octanol–water partition coefficient (Wildman–Crippen LogP) is 4.61. The molecule has 1 amide bonds. The van der Waals surface area contributed by atoms with Gasteiger partial charge < -0.3 is 15.4 Å². The van der Waals surface area contributed by atoms with Crippen molar-refractivity contribution in [1.82, 2.24) is 4.98 Å². The number of para-hydroxylation sites is 1. The van der Waals surface area contributed by atoms with Crippen LogP contribution in [0.3, 0.4) is 0 Å². The van der Waals surface area contributed by atoms with Gasteiger partial charge in [-0.05, 0) is 67.3 Å². The molecule has 0 spiro atoms. The molecule has 3 aromatic rings. The first kappa shape index (κ1) is 19.4. The second-order valence-electron chi connectivity index (χ2n) is 6.67. The molecule has 0 radical (unpaired) electrons. The lowest BCUT2D eigenvalue weighted by molar-refractivity contribution is 0.102. The van der Waals surface area contributed by atoms with E-state index < -0.39 is 0 Å². The lowest BCUT2D eigenvalue weighted by Gasteiger charge is -2.10. The third-order valence-electron chi connectivity index (χ3n) is 4.68. The van der Waals surface area contributed by atoms with Crippen molar-refractivity contribution < 1.29 is 9.53 Å². The number of ether oxygens (including phenoxy) is 1. The Balaban J connectivity index is 1.55. The van der Waals surface area contributed by atoms with Crippen LogP contribution in [0.25, 0.3) is 0 Å². The largest absolute Gasteiger partial charge is 0.496 e. The summed E-state index contributed by atoms with van der Waals surface area (Å²) in [4.78, 5) is 16.7. The Morgan fingerprint density at radius 3 is 2.50 bits per heavy atom. The maximum absolute atomic E-state index is 12.4. The summed E-state index contributed by atoms with van der Waals surface area (Å²) in [6.07, 6.45) is 2.51. The zero-order valence-corrected chi connectivity index (χ0v) is 16.5. The van der Waals surface area contributed by atoms with E-state index in [0.29, 0.717) is 5.69 Å². The topological polar surface area (TPSA) is 63.2 Å². The minimum Gasteiger partial charge on any atom is -0.496 e. The quantitative estimate of drug-likeness (QED) is 0.633. The second-order valence-corrected chi connectivity index (χ2v) is 6.67. The van der Waals surface area contributed by atoms with E-state index in [4.69, 9.17) is 4.74 Å². The molecule has 28 heavy (non-hydrogen) atoms. The first-order chi connectivity index (χ1) is 13.6. The van der Waals surface area contributed by atoms with E-state index >= 15 is 0 Å². The van der Waals surface area contributed by atoms with Crippen LogP contribution in [0.15, 0.2) is 60.8 Å². The number of rotatable bonds is 7. The number of aryl methyl sites for hydroxylation is 2. The van der Waals surface area contributed by atoms with E-state index in [-0.39, 0.29) is 5.91 Å². The van der Waals surface area contributed by atoms with Crippen LogP contribution in [0.2, 0.25) is 0 Å². The number of amides is 1. The molecule has 0 atom stereocenters. The molecule has 0 aliphatic heterocycles. The minimum absolute atomic E-state index is 0.219. The normalized spacial score (nSPS) is 10.4. The number of carbonyl (C=O) groups is 1. The van der Waals surface area contributed by atoms with Crippen LogP contribution in [-0.4, -0.2) is 24.5 Å². The van der Waals surface area contributed by atoms with Gasteiger partial charge >= 0.3 is 0 Å². The number of pyridine rings is 1. The fraction of sp³-hybridized carbons (Fsp3) is 0.217. The van der Waals surface area contributed by atoms with E-state index in [9.17, 15) is 4.79 Å². The summed E-state index contributed by atoms with van der Waals surface area (Å²) in [6, 6.07) is 17.4. The van der Waals surface area contributed by atoms with Crippen molar-refractivity contribution in [3.05, 3.63) is 83.2 Å². The van der Waals surface area contributed by atoms with Crippen LogP contribution in [-0.2, 0) is 6.42 Å². The highest BCUT2D eigenvalue weighted by Gasteiger charge is 2.08. The van der Waals surface area contributed by atoms with Gasteiger partial charge in [0, 0.05) is 12.2 Å². The van der Waals surface area contributed by atoms with Gasteiger partial charge in [-0.2, -0.15) is 0 Å². The van der Waals surface area contributed by atoms with Crippen LogP contribution < -0.4 is 15.4 Å². The number of hydrogen-bond acceptors (Lipinski definition) is 4. The van der Waals surface area contributed by atoms with E-state index in [0.717, 1.165) is 41.2 Å². The lowest BCUT2D eigenvalue weighted by atomic mass is 10.1. The van der Waals surface area contributed by atoms with Gasteiger partial charge in [-0.15, -0.1) is 0 Å². The summed E-state index contributed by atoms with van der Waals surface area (Å²) in [5.41, 5.74) is 5.51. The van der Waals surface area contributed by atoms with Crippen molar-refractivity contribution in [2.24, 2.45) is 0 Å². The maximum atomic E-state index is 12.4. The average Bonchev–Trinajstić information content (AvgIpc) is 2.71. The Morgan fingerprint density at radius 1 is 1.00 bits per heavy atom. The Hall–Kier alpha value is -3.34. The zero-order chi connectivity index (χ0) is 19.9. The first-order valence-electron chi connectivity index (χ1n) is 9.27. The molecule has 3 rings (SSSR count). The number of nitrogens with zero attached hydrogens (tertiary/aromatic N) is 1. The highest BCUT2D eigenvalue weighted by molar-refractivity contribution is 6.03. The first-order valence-corrected chi connectivity index (χ1v) is 9.27. The van der Waals surface area contributed by atoms with Crippen molar-refractivity contribution in [1.29, 1.82) is 0 Å². The molecule has 0 bridgehead atoms. The summed E-state index contributed by atoms with van der Waals surface area (Å²) >= 11 is 0. The summed E-state index contributed by atoms with van der Waals surface area (Å²) in [7, 11) is 1.68. The highest BCUT2D eigenvalue weighted by Crippen LogP contribution is 2.18. The van der Waals surface area contributed by atoms with Gasteiger partial charge in [-0.3, -0.25) is 4.79 Å². The van der Waals surface area contributed by atoms with Gasteiger partial charge in [0.1, 0.15) is 11.4 Å². The Bertz CT molecular complexity index is 952. The van der Waals surface area contributed by atoms with Gasteiger partial charge in [-0.25, -0.2) is 4.98 Å². The van der Waals surface area contributed by atoms with Crippen LogP contribution >= 0.6 is 0 Å². The minimum atomic E-state index is -0.219. The van der Waals surface area contributed by atoms with E-state index in [1.807, 2.05) is 56.3 Å². The number of benzene rings is 2. The van der Waals surface area contributed by atoms with Gasteiger partial charge in [0.25, 0.3) is 5.91 Å². The van der Waals surface area contributed by atoms with E-state index in [1.54, 1.807) is 19.4 Å². The van der Waals surface area contributed by atoms with Crippen LogP contribution in [0.1, 0.15) is 27.2 Å². The maximum Gasteiger partial charge on any atom is 0.274 e. The average molecular weight is 375 g/mol. The Morgan fingerprint density at radius 2 is 1.79 bits per heavy atom. The molecule has 5 nitrogen and oxygen atoms in total. The Kier molecular flexibility index (Phi) is 6.27. The molecule has 1 heterocycles. The number of hydrogen-bond donors (Lipinski definition) is 2. The molecule has 2 aromatic carbocycles. The van der Waals surface area contributed by atoms with Gasteiger partial charge in [0.15, 0.2) is 0 Å². The third kappa shape index (κ3) is 4.88. The van der Waals surface area contributed by atoms with Crippen molar-refractivity contribution in [3.8, 4) is 5.75 Å².